The third-order valence-corrected chi connectivity index (χ3v) is 8.69. The van der Waals surface area contributed by atoms with E-state index < -0.39 is 12.0 Å². The van der Waals surface area contributed by atoms with Crippen LogP contribution in [0.1, 0.15) is 49.1 Å². The fourth-order valence-corrected chi connectivity index (χ4v) is 6.71. The van der Waals surface area contributed by atoms with Crippen LogP contribution in [0.25, 0.3) is 6.08 Å². The molecule has 9 nitrogen and oxygen atoms in total. The van der Waals surface area contributed by atoms with Crippen LogP contribution < -0.4 is 33.8 Å². The van der Waals surface area contributed by atoms with Gasteiger partial charge in [-0.15, -0.1) is 0 Å². The van der Waals surface area contributed by atoms with Gasteiger partial charge in [-0.2, -0.15) is 0 Å². The van der Waals surface area contributed by atoms with E-state index in [-0.39, 0.29) is 11.1 Å². The van der Waals surface area contributed by atoms with Crippen molar-refractivity contribution in [3.05, 3.63) is 113 Å². The van der Waals surface area contributed by atoms with Crippen LogP contribution >= 0.6 is 27.3 Å². The summed E-state index contributed by atoms with van der Waals surface area (Å²) in [5.41, 5.74) is 3.50. The highest BCUT2D eigenvalue weighted by atomic mass is 79.9. The molecule has 0 unspecified atom stereocenters. The molecule has 3 aromatic carbocycles. The number of halogens is 1. The molecule has 1 aliphatic rings. The zero-order valence-electron chi connectivity index (χ0n) is 26.3. The van der Waals surface area contributed by atoms with Crippen LogP contribution in [0.2, 0.25) is 0 Å². The Kier molecular flexibility index (Phi) is 10.6. The van der Waals surface area contributed by atoms with Crippen molar-refractivity contribution < 1.29 is 28.5 Å². The molecular formula is C35H35BrN2O7S. The quantitative estimate of drug-likeness (QED) is 0.170. The molecule has 4 aromatic rings. The summed E-state index contributed by atoms with van der Waals surface area (Å²) in [4.78, 5) is 31.9. The standard InChI is InChI=1S/C35H35BrN2O7S/c1-6-42-27-13-12-24(18-28(27)43-7-2)31-25(34(40)41-5)19-37-35-38(31)33(39)30(46-35)17-23-15-26(36)32(29(16-23)44-8-3)45-20-22-11-9-10-21(4)14-22/h9-19,31H,6-8,20H2,1-5H3/b30-17-/t31-/m1/s1. The molecule has 240 valence electrons. The number of nitrogens with zero attached hydrogens (tertiary/aromatic N) is 2. The second-order valence-corrected chi connectivity index (χ2v) is 12.2. The lowest BCUT2D eigenvalue weighted by atomic mass is 9.97. The summed E-state index contributed by atoms with van der Waals surface area (Å²) in [7, 11) is 1.30. The molecule has 0 radical (unpaired) electrons. The van der Waals surface area contributed by atoms with Gasteiger partial charge in [0.15, 0.2) is 27.8 Å². The molecule has 11 heteroatoms. The number of carbonyl (C=O) groups excluding carboxylic acids is 1. The SMILES string of the molecule is CCOc1ccc([C@@H]2C(C(=O)OC)=CN=c3s/c(=C\c4cc(Br)c(OCc5cccc(C)c5)c(OCC)c4)c(=O)n32)cc1OCC. The summed E-state index contributed by atoms with van der Waals surface area (Å²) in [6, 6.07) is 16.5. The lowest BCUT2D eigenvalue weighted by Gasteiger charge is -2.23. The molecule has 0 saturated heterocycles. The number of aromatic nitrogens is 1. The number of hydrogen-bond acceptors (Lipinski definition) is 9. The van der Waals surface area contributed by atoms with Gasteiger partial charge in [-0.25, -0.2) is 9.79 Å². The van der Waals surface area contributed by atoms with Gasteiger partial charge in [0.25, 0.3) is 5.56 Å². The molecular weight excluding hydrogens is 672 g/mol. The number of esters is 1. The third kappa shape index (κ3) is 7.05. The fourth-order valence-electron chi connectivity index (χ4n) is 5.17. The Labute approximate surface area is 279 Å². The van der Waals surface area contributed by atoms with Gasteiger partial charge in [0.1, 0.15) is 6.61 Å². The molecule has 0 N–H and O–H groups in total. The number of benzene rings is 3. The van der Waals surface area contributed by atoms with Gasteiger partial charge in [0.05, 0.1) is 47.6 Å². The number of thiazole rings is 1. The number of fused-ring (bicyclic) bond motifs is 1. The zero-order chi connectivity index (χ0) is 32.8. The van der Waals surface area contributed by atoms with E-state index >= 15 is 0 Å². The Hall–Kier alpha value is -4.35. The molecule has 5 rings (SSSR count). The average Bonchev–Trinajstić information content (AvgIpc) is 3.35. The van der Waals surface area contributed by atoms with Crippen molar-refractivity contribution in [2.45, 2.75) is 40.3 Å². The molecule has 0 aliphatic carbocycles. The van der Waals surface area contributed by atoms with Crippen molar-refractivity contribution in [2.75, 3.05) is 26.9 Å². The van der Waals surface area contributed by atoms with Crippen molar-refractivity contribution >= 4 is 39.3 Å². The van der Waals surface area contributed by atoms with Crippen molar-refractivity contribution in [2.24, 2.45) is 4.99 Å². The topological polar surface area (TPSA) is 97.6 Å². The van der Waals surface area contributed by atoms with Crippen LogP contribution in [-0.2, 0) is 16.1 Å². The van der Waals surface area contributed by atoms with E-state index in [9.17, 15) is 9.59 Å². The van der Waals surface area contributed by atoms with E-state index in [1.807, 2.05) is 64.1 Å². The number of ether oxygens (including phenoxy) is 5. The van der Waals surface area contributed by atoms with E-state index in [1.54, 1.807) is 18.2 Å². The first kappa shape index (κ1) is 33.0. The molecule has 1 aromatic heterocycles. The Bertz CT molecular complexity index is 1960. The number of methoxy groups -OCH3 is 1. The molecule has 1 atom stereocenters. The van der Waals surface area contributed by atoms with Crippen molar-refractivity contribution in [3.8, 4) is 23.0 Å². The maximum atomic E-state index is 14.1. The molecule has 0 amide bonds. The van der Waals surface area contributed by atoms with Crippen molar-refractivity contribution in [1.29, 1.82) is 0 Å². The van der Waals surface area contributed by atoms with Gasteiger partial charge >= 0.3 is 5.97 Å². The van der Waals surface area contributed by atoms with E-state index in [0.717, 1.165) is 16.7 Å². The monoisotopic (exact) mass is 706 g/mol. The van der Waals surface area contributed by atoms with Crippen LogP contribution in [0.4, 0.5) is 0 Å². The van der Waals surface area contributed by atoms with Gasteiger partial charge in [-0.1, -0.05) is 47.2 Å². The van der Waals surface area contributed by atoms with Gasteiger partial charge in [0, 0.05) is 6.20 Å². The molecule has 2 heterocycles. The predicted molar refractivity (Wildman–Crippen MR) is 181 cm³/mol. The van der Waals surface area contributed by atoms with Gasteiger partial charge in [0.2, 0.25) is 0 Å². The molecule has 0 bridgehead atoms. The maximum absolute atomic E-state index is 14.1. The van der Waals surface area contributed by atoms with E-state index in [2.05, 4.69) is 27.0 Å². The minimum absolute atomic E-state index is 0.226. The smallest absolute Gasteiger partial charge is 0.337 e. The average molecular weight is 708 g/mol. The highest BCUT2D eigenvalue weighted by Crippen LogP contribution is 2.38. The highest BCUT2D eigenvalue weighted by Gasteiger charge is 2.31. The summed E-state index contributed by atoms with van der Waals surface area (Å²) in [5.74, 6) is 1.63. The van der Waals surface area contributed by atoms with Crippen molar-refractivity contribution in [1.82, 2.24) is 4.57 Å². The van der Waals surface area contributed by atoms with Crippen molar-refractivity contribution in [3.63, 3.8) is 0 Å². The van der Waals surface area contributed by atoms with Crippen LogP contribution in [0, 0.1) is 6.92 Å². The Morgan fingerprint density at radius 3 is 2.41 bits per heavy atom. The van der Waals surface area contributed by atoms with E-state index in [4.69, 9.17) is 23.7 Å². The van der Waals surface area contributed by atoms with E-state index in [0.29, 0.717) is 68.8 Å². The van der Waals surface area contributed by atoms with Crippen LogP contribution in [0.5, 0.6) is 23.0 Å². The lowest BCUT2D eigenvalue weighted by molar-refractivity contribution is -0.136. The second kappa shape index (κ2) is 14.8. The number of carbonyl (C=O) groups is 1. The summed E-state index contributed by atoms with van der Waals surface area (Å²) in [6.45, 7) is 9.39. The second-order valence-electron chi connectivity index (χ2n) is 10.3. The first-order valence-corrected chi connectivity index (χ1v) is 16.5. The van der Waals surface area contributed by atoms with Gasteiger partial charge < -0.3 is 23.7 Å². The van der Waals surface area contributed by atoms with Crippen LogP contribution in [0.3, 0.4) is 0 Å². The Morgan fingerprint density at radius 2 is 1.70 bits per heavy atom. The maximum Gasteiger partial charge on any atom is 0.337 e. The fraction of sp³-hybridized carbons (Fsp3) is 0.286. The zero-order valence-corrected chi connectivity index (χ0v) is 28.7. The lowest BCUT2D eigenvalue weighted by Crippen LogP contribution is -2.39. The largest absolute Gasteiger partial charge is 0.490 e. The van der Waals surface area contributed by atoms with Gasteiger partial charge in [-0.3, -0.25) is 9.36 Å². The summed E-state index contributed by atoms with van der Waals surface area (Å²) >= 11 is 4.88. The Balaban J connectivity index is 1.57. The summed E-state index contributed by atoms with van der Waals surface area (Å²) in [5, 5.41) is 0. The van der Waals surface area contributed by atoms with Crippen LogP contribution in [0.15, 0.2) is 80.6 Å². The summed E-state index contributed by atoms with van der Waals surface area (Å²) < 4.78 is 31.4. The van der Waals surface area contributed by atoms with E-state index in [1.165, 1.54) is 29.2 Å². The molecule has 0 fully saturated rings. The third-order valence-electron chi connectivity index (χ3n) is 7.10. The van der Waals surface area contributed by atoms with Crippen LogP contribution in [-0.4, -0.2) is 37.5 Å². The molecule has 46 heavy (non-hydrogen) atoms. The number of aryl methyl sites for hydroxylation is 1. The predicted octanol–water partition coefficient (Wildman–Crippen LogP) is 5.86. The first-order valence-electron chi connectivity index (χ1n) is 14.9. The van der Waals surface area contributed by atoms with Gasteiger partial charge in [-0.05, 0) is 90.7 Å². The number of hydrogen-bond donors (Lipinski definition) is 0. The summed E-state index contributed by atoms with van der Waals surface area (Å²) in [6.07, 6.45) is 3.25. The molecule has 0 spiro atoms. The highest BCUT2D eigenvalue weighted by molar-refractivity contribution is 9.10. The normalized spacial score (nSPS) is 14.2. The molecule has 1 aliphatic heterocycles. The first-order chi connectivity index (χ1) is 22.3. The minimum atomic E-state index is -0.788. The Morgan fingerprint density at radius 1 is 0.957 bits per heavy atom. The number of rotatable bonds is 12. The molecule has 0 saturated carbocycles. The minimum Gasteiger partial charge on any atom is -0.490 e.